The van der Waals surface area contributed by atoms with Crippen LogP contribution in [0, 0.1) is 6.92 Å². The van der Waals surface area contributed by atoms with Crippen molar-refractivity contribution in [1.82, 2.24) is 4.57 Å². The molecule has 0 aliphatic heterocycles. The maximum atomic E-state index is 5.47. The third-order valence-corrected chi connectivity index (χ3v) is 16.2. The van der Waals surface area contributed by atoms with Gasteiger partial charge in [-0.1, -0.05) is 113 Å². The van der Waals surface area contributed by atoms with E-state index in [9.17, 15) is 0 Å². The molecule has 5 heteroatoms. The Morgan fingerprint density at radius 2 is 0.857 bits per heavy atom. The molecule has 6 aromatic rings. The number of benzene rings is 5. The second-order valence-corrected chi connectivity index (χ2v) is 21.2. The third-order valence-electron chi connectivity index (χ3n) is 9.12. The quantitative estimate of drug-likeness (QED) is 0.193. The number of aryl methyl sites for hydroxylation is 1. The van der Waals surface area contributed by atoms with E-state index < -0.39 is 16.1 Å². The predicted octanol–water partition coefficient (Wildman–Crippen LogP) is 6.75. The molecule has 0 atom stereocenters. The molecule has 0 saturated heterocycles. The summed E-state index contributed by atoms with van der Waals surface area (Å²) in [6.45, 7) is 12.0. The zero-order valence-corrected chi connectivity index (χ0v) is 27.7. The summed E-state index contributed by atoms with van der Waals surface area (Å²) in [7, 11) is -0.427. The van der Waals surface area contributed by atoms with Gasteiger partial charge in [-0.2, -0.15) is 0 Å². The number of hydrogen-bond donors (Lipinski definition) is 0. The summed E-state index contributed by atoms with van der Waals surface area (Å²) in [5.41, 5.74) is 4.90. The molecule has 0 aliphatic rings. The minimum absolute atomic E-state index is 0.863. The number of nitrogens with zero attached hydrogens (tertiary/aromatic N) is 1. The average molecular weight is 586 g/mol. The number of fused-ring (bicyclic) bond motifs is 3. The first-order valence-corrected chi connectivity index (χ1v) is 20.6. The fraction of sp³-hybridized carbons (Fsp3) is 0.189. The van der Waals surface area contributed by atoms with Gasteiger partial charge in [0.15, 0.2) is 0 Å². The van der Waals surface area contributed by atoms with Crippen LogP contribution >= 0.6 is 0 Å². The summed E-state index contributed by atoms with van der Waals surface area (Å²) < 4.78 is 13.3. The van der Waals surface area contributed by atoms with Crippen LogP contribution in [0.5, 0.6) is 11.5 Å². The molecule has 0 amide bonds. The lowest BCUT2D eigenvalue weighted by molar-refractivity contribution is 0.414. The van der Waals surface area contributed by atoms with E-state index in [4.69, 9.17) is 9.47 Å². The minimum Gasteiger partial charge on any atom is -0.497 e. The molecule has 42 heavy (non-hydrogen) atoms. The van der Waals surface area contributed by atoms with E-state index in [0.717, 1.165) is 17.2 Å². The molecule has 0 N–H and O–H groups in total. The Morgan fingerprint density at radius 3 is 1.29 bits per heavy atom. The molecule has 0 saturated carbocycles. The molecule has 0 bridgehead atoms. The molecule has 0 unspecified atom stereocenters. The second-order valence-electron chi connectivity index (χ2n) is 12.3. The van der Waals surface area contributed by atoms with E-state index in [-0.39, 0.29) is 0 Å². The zero-order valence-electron chi connectivity index (χ0n) is 25.7. The summed E-state index contributed by atoms with van der Waals surface area (Å²) in [5, 5.41) is 8.35. The Kier molecular flexibility index (Phi) is 7.11. The van der Waals surface area contributed by atoms with Crippen LogP contribution < -0.4 is 30.2 Å². The second kappa shape index (κ2) is 10.6. The highest BCUT2D eigenvalue weighted by Gasteiger charge is 2.29. The van der Waals surface area contributed by atoms with Crippen LogP contribution in [-0.4, -0.2) is 34.9 Å². The van der Waals surface area contributed by atoms with Gasteiger partial charge < -0.3 is 14.0 Å². The maximum absolute atomic E-state index is 5.47. The Hall–Kier alpha value is -4.07. The summed E-state index contributed by atoms with van der Waals surface area (Å²) in [5.74, 6) is 1.76. The van der Waals surface area contributed by atoms with Crippen LogP contribution in [-0.2, 0) is 0 Å². The molecule has 1 aromatic heterocycles. The molecule has 1 heterocycles. The topological polar surface area (TPSA) is 23.4 Å². The van der Waals surface area contributed by atoms with E-state index in [1.807, 2.05) is 12.1 Å². The SMILES string of the molecule is COc1ccc(-n2c3ccc([Si](C)(C)c4ccc(C)cc4)cc3c3cc([Si](C)(C)c4ccc(OC)cc4)ccc32)cc1. The monoisotopic (exact) mass is 585 g/mol. The Labute approximate surface area is 251 Å². The Bertz CT molecular complexity index is 1880. The zero-order chi connectivity index (χ0) is 29.6. The van der Waals surface area contributed by atoms with Crippen molar-refractivity contribution in [3.05, 3.63) is 115 Å². The first-order valence-electron chi connectivity index (χ1n) is 14.6. The van der Waals surface area contributed by atoms with Gasteiger partial charge in [-0.25, -0.2) is 0 Å². The number of aromatic nitrogens is 1. The fourth-order valence-electron chi connectivity index (χ4n) is 6.12. The van der Waals surface area contributed by atoms with Crippen LogP contribution in [0.15, 0.2) is 109 Å². The minimum atomic E-state index is -1.96. The molecule has 0 fully saturated rings. The Balaban J connectivity index is 1.57. The van der Waals surface area contributed by atoms with Gasteiger partial charge in [-0.3, -0.25) is 0 Å². The van der Waals surface area contributed by atoms with Crippen LogP contribution in [0.1, 0.15) is 5.56 Å². The van der Waals surface area contributed by atoms with Gasteiger partial charge >= 0.3 is 0 Å². The van der Waals surface area contributed by atoms with Crippen LogP contribution in [0.25, 0.3) is 27.5 Å². The van der Waals surface area contributed by atoms with Crippen molar-refractivity contribution in [2.75, 3.05) is 14.2 Å². The van der Waals surface area contributed by atoms with Gasteiger partial charge in [0.05, 0.1) is 25.3 Å². The lowest BCUT2D eigenvalue weighted by Crippen LogP contribution is -2.52. The number of hydrogen-bond acceptors (Lipinski definition) is 2. The van der Waals surface area contributed by atoms with Gasteiger partial charge in [0, 0.05) is 16.5 Å². The van der Waals surface area contributed by atoms with Crippen molar-refractivity contribution in [2.45, 2.75) is 33.1 Å². The fourth-order valence-corrected chi connectivity index (χ4v) is 10.8. The van der Waals surface area contributed by atoms with Crippen molar-refractivity contribution < 1.29 is 9.47 Å². The molecule has 212 valence electrons. The summed E-state index contributed by atoms with van der Waals surface area (Å²) in [6.07, 6.45) is 0. The molecule has 3 nitrogen and oxygen atoms in total. The highest BCUT2D eigenvalue weighted by atomic mass is 28.3. The van der Waals surface area contributed by atoms with Crippen molar-refractivity contribution in [2.24, 2.45) is 0 Å². The first-order chi connectivity index (χ1) is 20.1. The van der Waals surface area contributed by atoms with Crippen LogP contribution in [0.3, 0.4) is 0 Å². The van der Waals surface area contributed by atoms with Crippen LogP contribution in [0.4, 0.5) is 0 Å². The van der Waals surface area contributed by atoms with Crippen molar-refractivity contribution in [3.8, 4) is 17.2 Å². The van der Waals surface area contributed by atoms with Gasteiger partial charge in [0.25, 0.3) is 0 Å². The summed E-state index contributed by atoms with van der Waals surface area (Å²) >= 11 is 0. The van der Waals surface area contributed by atoms with Gasteiger partial charge in [0.2, 0.25) is 0 Å². The molecular weight excluding hydrogens is 547 g/mol. The van der Waals surface area contributed by atoms with Crippen LogP contribution in [0.2, 0.25) is 26.2 Å². The third kappa shape index (κ3) is 4.76. The predicted molar refractivity (Wildman–Crippen MR) is 185 cm³/mol. The largest absolute Gasteiger partial charge is 0.497 e. The molecule has 0 aliphatic carbocycles. The number of ether oxygens (including phenoxy) is 2. The van der Waals surface area contributed by atoms with E-state index in [1.54, 1.807) is 14.2 Å². The average Bonchev–Trinajstić information content (AvgIpc) is 3.34. The van der Waals surface area contributed by atoms with E-state index >= 15 is 0 Å². The normalized spacial score (nSPS) is 12.2. The number of methoxy groups -OCH3 is 2. The summed E-state index contributed by atoms with van der Waals surface area (Å²) in [4.78, 5) is 0. The van der Waals surface area contributed by atoms with E-state index in [1.165, 1.54) is 48.1 Å². The van der Waals surface area contributed by atoms with Crippen molar-refractivity contribution in [1.29, 1.82) is 0 Å². The molecule has 0 radical (unpaired) electrons. The maximum Gasteiger partial charge on any atom is 0.119 e. The van der Waals surface area contributed by atoms with E-state index in [2.05, 4.69) is 135 Å². The van der Waals surface area contributed by atoms with Crippen molar-refractivity contribution in [3.63, 3.8) is 0 Å². The van der Waals surface area contributed by atoms with Gasteiger partial charge in [0.1, 0.15) is 27.6 Å². The molecule has 0 spiro atoms. The molecular formula is C37H39NO2Si2. The highest BCUT2D eigenvalue weighted by Crippen LogP contribution is 2.32. The Morgan fingerprint density at radius 1 is 0.476 bits per heavy atom. The molecule has 5 aromatic carbocycles. The van der Waals surface area contributed by atoms with E-state index in [0.29, 0.717) is 0 Å². The van der Waals surface area contributed by atoms with Crippen molar-refractivity contribution >= 4 is 58.7 Å². The molecule has 6 rings (SSSR count). The lowest BCUT2D eigenvalue weighted by Gasteiger charge is -2.24. The highest BCUT2D eigenvalue weighted by molar-refractivity contribution is 7.01. The standard InChI is InChI=1S/C37H39NO2Si2/c1-26-8-16-30(17-9-26)41(4,5)32-20-22-36-34(24-32)35-25-33(42(6,7)31-18-14-29(40-3)15-19-31)21-23-37(35)38(36)27-10-12-28(39-2)13-11-27/h8-25H,1-7H3. The smallest absolute Gasteiger partial charge is 0.119 e. The first kappa shape index (κ1) is 28.1. The summed E-state index contributed by atoms with van der Waals surface area (Å²) in [6, 6.07) is 40.5. The van der Waals surface area contributed by atoms with Gasteiger partial charge in [-0.05, 0) is 55.5 Å². The number of rotatable bonds is 7. The lowest BCUT2D eigenvalue weighted by atomic mass is 10.1. The van der Waals surface area contributed by atoms with Gasteiger partial charge in [-0.15, -0.1) is 0 Å².